The standard InChI is InChI=1S/C26H24N6O/c27-16-18-8-10-20-22(13-18)31-24(29-20)15-25-30-21-11-9-19(14-23(21)32-25)26(33)28-12-4-7-17-5-2-1-3-6-17/h1-11,13-14H,12,15-16,27H2,(H,28,33)(H,29,31)(H,30,32)/b7-4+. The molecule has 0 aliphatic carbocycles. The second kappa shape index (κ2) is 9.10. The first-order valence-electron chi connectivity index (χ1n) is 10.8. The molecular formula is C26H24N6O. The van der Waals surface area contributed by atoms with Crippen molar-refractivity contribution in [2.45, 2.75) is 13.0 Å². The number of H-pyrrole nitrogens is 2. The van der Waals surface area contributed by atoms with Crippen LogP contribution in [0.5, 0.6) is 0 Å². The van der Waals surface area contributed by atoms with Gasteiger partial charge in [0.15, 0.2) is 0 Å². The zero-order valence-corrected chi connectivity index (χ0v) is 18.0. The van der Waals surface area contributed by atoms with Crippen LogP contribution in [0.25, 0.3) is 28.1 Å². The molecule has 0 spiro atoms. The first kappa shape index (κ1) is 20.7. The van der Waals surface area contributed by atoms with Crippen molar-refractivity contribution in [3.8, 4) is 0 Å². The summed E-state index contributed by atoms with van der Waals surface area (Å²) >= 11 is 0. The maximum Gasteiger partial charge on any atom is 0.251 e. The van der Waals surface area contributed by atoms with Gasteiger partial charge in [0.2, 0.25) is 0 Å². The summed E-state index contributed by atoms with van der Waals surface area (Å²) in [5, 5.41) is 2.92. The predicted molar refractivity (Wildman–Crippen MR) is 131 cm³/mol. The highest BCUT2D eigenvalue weighted by atomic mass is 16.1. The molecule has 33 heavy (non-hydrogen) atoms. The molecule has 5 aromatic rings. The lowest BCUT2D eigenvalue weighted by molar-refractivity contribution is 0.0958. The molecule has 5 N–H and O–H groups in total. The van der Waals surface area contributed by atoms with E-state index in [9.17, 15) is 4.79 Å². The fourth-order valence-corrected chi connectivity index (χ4v) is 3.77. The number of fused-ring (bicyclic) bond motifs is 2. The quantitative estimate of drug-likeness (QED) is 0.310. The number of nitrogens with one attached hydrogen (secondary N) is 3. The van der Waals surface area contributed by atoms with Gasteiger partial charge in [0.05, 0.1) is 28.5 Å². The van der Waals surface area contributed by atoms with Crippen molar-refractivity contribution in [3.63, 3.8) is 0 Å². The summed E-state index contributed by atoms with van der Waals surface area (Å²) in [6.45, 7) is 0.941. The third-order valence-electron chi connectivity index (χ3n) is 5.45. The lowest BCUT2D eigenvalue weighted by atomic mass is 10.2. The van der Waals surface area contributed by atoms with Crippen LogP contribution in [0.15, 0.2) is 72.8 Å². The van der Waals surface area contributed by atoms with E-state index < -0.39 is 0 Å². The van der Waals surface area contributed by atoms with E-state index in [-0.39, 0.29) is 5.91 Å². The van der Waals surface area contributed by atoms with E-state index in [1.165, 1.54) is 0 Å². The molecule has 7 nitrogen and oxygen atoms in total. The molecule has 2 heterocycles. The molecule has 0 bridgehead atoms. The van der Waals surface area contributed by atoms with Gasteiger partial charge in [0, 0.05) is 18.7 Å². The fraction of sp³-hybridized carbons (Fsp3) is 0.115. The number of carbonyl (C=O) groups excluding carboxylic acids is 1. The number of hydrogen-bond acceptors (Lipinski definition) is 4. The van der Waals surface area contributed by atoms with E-state index in [4.69, 9.17) is 5.73 Å². The Morgan fingerprint density at radius 1 is 0.909 bits per heavy atom. The maximum absolute atomic E-state index is 12.5. The first-order chi connectivity index (χ1) is 16.2. The minimum atomic E-state index is -0.132. The fourth-order valence-electron chi connectivity index (χ4n) is 3.77. The van der Waals surface area contributed by atoms with Crippen molar-refractivity contribution < 1.29 is 4.79 Å². The lowest BCUT2D eigenvalue weighted by Crippen LogP contribution is -2.23. The summed E-state index contributed by atoms with van der Waals surface area (Å²) < 4.78 is 0. The highest BCUT2D eigenvalue weighted by molar-refractivity contribution is 5.97. The Labute approximate surface area is 190 Å². The van der Waals surface area contributed by atoms with Crippen LogP contribution in [0.3, 0.4) is 0 Å². The summed E-state index contributed by atoms with van der Waals surface area (Å²) in [4.78, 5) is 28.5. The van der Waals surface area contributed by atoms with Gasteiger partial charge >= 0.3 is 0 Å². The van der Waals surface area contributed by atoms with Crippen LogP contribution in [0.1, 0.15) is 33.1 Å². The molecule has 0 aliphatic rings. The highest BCUT2D eigenvalue weighted by Crippen LogP contribution is 2.18. The van der Waals surface area contributed by atoms with Gasteiger partial charge in [-0.1, -0.05) is 48.6 Å². The van der Waals surface area contributed by atoms with Gasteiger partial charge in [-0.2, -0.15) is 0 Å². The molecule has 1 amide bonds. The van der Waals surface area contributed by atoms with Crippen molar-refractivity contribution in [1.82, 2.24) is 25.3 Å². The normalized spacial score (nSPS) is 11.5. The monoisotopic (exact) mass is 436 g/mol. The largest absolute Gasteiger partial charge is 0.349 e. The third kappa shape index (κ3) is 4.68. The predicted octanol–water partition coefficient (Wildman–Crippen LogP) is 3.93. The van der Waals surface area contributed by atoms with Gasteiger partial charge in [-0.05, 0) is 41.5 Å². The van der Waals surface area contributed by atoms with E-state index >= 15 is 0 Å². The van der Waals surface area contributed by atoms with Crippen LogP contribution >= 0.6 is 0 Å². The maximum atomic E-state index is 12.5. The van der Waals surface area contributed by atoms with Gasteiger partial charge in [0.25, 0.3) is 5.91 Å². The Morgan fingerprint density at radius 3 is 2.33 bits per heavy atom. The minimum absolute atomic E-state index is 0.132. The van der Waals surface area contributed by atoms with Crippen LogP contribution < -0.4 is 11.1 Å². The van der Waals surface area contributed by atoms with Gasteiger partial charge in [-0.3, -0.25) is 4.79 Å². The second-order valence-electron chi connectivity index (χ2n) is 7.85. The lowest BCUT2D eigenvalue weighted by Gasteiger charge is -2.02. The molecule has 0 saturated carbocycles. The molecule has 164 valence electrons. The van der Waals surface area contributed by atoms with Crippen LogP contribution in [-0.2, 0) is 13.0 Å². The highest BCUT2D eigenvalue weighted by Gasteiger charge is 2.11. The molecule has 0 fully saturated rings. The topological polar surface area (TPSA) is 112 Å². The number of amides is 1. The number of nitrogens with zero attached hydrogens (tertiary/aromatic N) is 2. The Kier molecular flexibility index (Phi) is 5.70. The zero-order chi connectivity index (χ0) is 22.6. The van der Waals surface area contributed by atoms with Crippen molar-refractivity contribution in [3.05, 3.63) is 101 Å². The van der Waals surface area contributed by atoms with E-state index in [2.05, 4.69) is 25.3 Å². The van der Waals surface area contributed by atoms with Crippen molar-refractivity contribution in [2.24, 2.45) is 5.73 Å². The summed E-state index contributed by atoms with van der Waals surface area (Å²) in [7, 11) is 0. The molecule has 5 rings (SSSR count). The smallest absolute Gasteiger partial charge is 0.251 e. The van der Waals surface area contributed by atoms with Crippen LogP contribution in [-0.4, -0.2) is 32.4 Å². The Morgan fingerprint density at radius 2 is 1.61 bits per heavy atom. The van der Waals surface area contributed by atoms with Gasteiger partial charge in [0.1, 0.15) is 11.6 Å². The average molecular weight is 437 g/mol. The number of aromatic amines is 2. The third-order valence-corrected chi connectivity index (χ3v) is 5.45. The van der Waals surface area contributed by atoms with Crippen molar-refractivity contribution in [1.29, 1.82) is 0 Å². The molecule has 0 atom stereocenters. The summed E-state index contributed by atoms with van der Waals surface area (Å²) in [5.74, 6) is 1.47. The SMILES string of the molecule is NCc1ccc2[nH]c(Cc3nc4cc(C(=O)NC/C=C/c5ccccc5)ccc4[nH]3)nc2c1. The molecule has 0 aliphatic heterocycles. The van der Waals surface area contributed by atoms with Gasteiger partial charge in [-0.25, -0.2) is 9.97 Å². The second-order valence-corrected chi connectivity index (χ2v) is 7.85. The van der Waals surface area contributed by atoms with E-state index in [1.807, 2.05) is 66.7 Å². The van der Waals surface area contributed by atoms with Crippen LogP contribution in [0, 0.1) is 0 Å². The number of benzene rings is 3. The molecule has 0 saturated heterocycles. The molecule has 3 aromatic carbocycles. The Balaban J connectivity index is 1.26. The number of nitrogens with two attached hydrogens (primary N) is 1. The summed E-state index contributed by atoms with van der Waals surface area (Å²) in [6, 6.07) is 21.4. The van der Waals surface area contributed by atoms with Crippen LogP contribution in [0.2, 0.25) is 0 Å². The van der Waals surface area contributed by atoms with Crippen molar-refractivity contribution >= 4 is 34.1 Å². The molecule has 0 unspecified atom stereocenters. The number of aromatic nitrogens is 4. The molecule has 7 heteroatoms. The Bertz CT molecular complexity index is 1450. The van der Waals surface area contributed by atoms with E-state index in [0.717, 1.165) is 44.8 Å². The Hall–Kier alpha value is -4.23. The average Bonchev–Trinajstić information content (AvgIpc) is 3.44. The molecular weight excluding hydrogens is 412 g/mol. The number of carbonyl (C=O) groups is 1. The van der Waals surface area contributed by atoms with Crippen LogP contribution in [0.4, 0.5) is 0 Å². The number of imidazole rings is 2. The van der Waals surface area contributed by atoms with Crippen molar-refractivity contribution in [2.75, 3.05) is 6.54 Å². The number of hydrogen-bond donors (Lipinski definition) is 4. The minimum Gasteiger partial charge on any atom is -0.349 e. The summed E-state index contributed by atoms with van der Waals surface area (Å²) in [5.41, 5.74) is 11.9. The first-order valence-corrected chi connectivity index (χ1v) is 10.8. The number of rotatable bonds is 7. The molecule has 2 aromatic heterocycles. The zero-order valence-electron chi connectivity index (χ0n) is 18.0. The van der Waals surface area contributed by atoms with Gasteiger partial charge < -0.3 is 21.0 Å². The van der Waals surface area contributed by atoms with E-state index in [0.29, 0.717) is 25.1 Å². The van der Waals surface area contributed by atoms with Gasteiger partial charge in [-0.15, -0.1) is 0 Å². The van der Waals surface area contributed by atoms with E-state index in [1.54, 1.807) is 12.1 Å². The summed E-state index contributed by atoms with van der Waals surface area (Å²) in [6.07, 6.45) is 4.45. The molecule has 0 radical (unpaired) electrons.